The van der Waals surface area contributed by atoms with Crippen LogP contribution < -0.4 is 5.32 Å². The molecule has 112 valence electrons. The second-order valence-electron chi connectivity index (χ2n) is 5.21. The van der Waals surface area contributed by atoms with Crippen molar-refractivity contribution >= 4 is 5.82 Å². The summed E-state index contributed by atoms with van der Waals surface area (Å²) in [5.74, 6) is 1.18. The number of nitrogens with zero attached hydrogens (tertiary/aromatic N) is 2. The van der Waals surface area contributed by atoms with Crippen LogP contribution in [0.1, 0.15) is 37.1 Å². The minimum Gasteiger partial charge on any atom is -0.370 e. The van der Waals surface area contributed by atoms with E-state index in [1.807, 2.05) is 13.8 Å². The molecule has 2 rings (SSSR count). The SMILES string of the molecule is CCCNc1nc(-c2cc(F)ccc2C)nc(CC)c1C. The summed E-state index contributed by atoms with van der Waals surface area (Å²) in [5, 5.41) is 3.34. The monoisotopic (exact) mass is 287 g/mol. The molecule has 0 aliphatic carbocycles. The van der Waals surface area contributed by atoms with E-state index in [1.165, 1.54) is 12.1 Å². The van der Waals surface area contributed by atoms with Crippen LogP contribution in [0.3, 0.4) is 0 Å². The van der Waals surface area contributed by atoms with Gasteiger partial charge in [-0.05, 0) is 44.4 Å². The number of halogens is 1. The molecular formula is C17H22FN3. The van der Waals surface area contributed by atoms with Crippen molar-refractivity contribution in [2.75, 3.05) is 11.9 Å². The molecule has 0 saturated heterocycles. The Morgan fingerprint density at radius 1 is 1.14 bits per heavy atom. The van der Waals surface area contributed by atoms with Crippen LogP contribution in [-0.4, -0.2) is 16.5 Å². The van der Waals surface area contributed by atoms with Gasteiger partial charge in [0.1, 0.15) is 11.6 Å². The number of hydrogen-bond donors (Lipinski definition) is 1. The smallest absolute Gasteiger partial charge is 0.162 e. The summed E-state index contributed by atoms with van der Waals surface area (Å²) in [6.45, 7) is 9.02. The predicted octanol–water partition coefficient (Wildman–Crippen LogP) is 4.28. The van der Waals surface area contributed by atoms with Crippen molar-refractivity contribution in [2.24, 2.45) is 0 Å². The summed E-state index contributed by atoms with van der Waals surface area (Å²) in [6, 6.07) is 4.73. The van der Waals surface area contributed by atoms with Crippen LogP contribution in [0.4, 0.5) is 10.2 Å². The summed E-state index contributed by atoms with van der Waals surface area (Å²) < 4.78 is 13.5. The van der Waals surface area contributed by atoms with Crippen molar-refractivity contribution in [1.82, 2.24) is 9.97 Å². The standard InChI is InChI=1S/C17H22FN3/c1-5-9-19-16-12(4)15(6-2)20-17(21-16)14-10-13(18)8-7-11(14)3/h7-8,10H,5-6,9H2,1-4H3,(H,19,20,21). The van der Waals surface area contributed by atoms with Gasteiger partial charge in [0.25, 0.3) is 0 Å². The van der Waals surface area contributed by atoms with Crippen molar-refractivity contribution < 1.29 is 4.39 Å². The van der Waals surface area contributed by atoms with E-state index in [4.69, 9.17) is 0 Å². The van der Waals surface area contributed by atoms with Gasteiger partial charge in [-0.25, -0.2) is 14.4 Å². The van der Waals surface area contributed by atoms with E-state index < -0.39 is 0 Å². The molecule has 1 N–H and O–H groups in total. The lowest BCUT2D eigenvalue weighted by atomic mass is 10.1. The predicted molar refractivity (Wildman–Crippen MR) is 85.1 cm³/mol. The summed E-state index contributed by atoms with van der Waals surface area (Å²) in [4.78, 5) is 9.22. The summed E-state index contributed by atoms with van der Waals surface area (Å²) >= 11 is 0. The lowest BCUT2D eigenvalue weighted by molar-refractivity contribution is 0.627. The van der Waals surface area contributed by atoms with Crippen LogP contribution in [0.2, 0.25) is 0 Å². The van der Waals surface area contributed by atoms with Crippen molar-refractivity contribution in [3.05, 3.63) is 40.8 Å². The summed E-state index contributed by atoms with van der Waals surface area (Å²) in [7, 11) is 0. The first-order valence-electron chi connectivity index (χ1n) is 7.44. The van der Waals surface area contributed by atoms with Gasteiger partial charge in [0, 0.05) is 23.4 Å². The number of benzene rings is 1. The number of rotatable bonds is 5. The Labute approximate surface area is 125 Å². The van der Waals surface area contributed by atoms with E-state index >= 15 is 0 Å². The van der Waals surface area contributed by atoms with E-state index in [2.05, 4.69) is 29.1 Å². The molecule has 1 heterocycles. The maximum Gasteiger partial charge on any atom is 0.162 e. The molecule has 1 aromatic carbocycles. The average molecular weight is 287 g/mol. The highest BCUT2D eigenvalue weighted by atomic mass is 19.1. The molecular weight excluding hydrogens is 265 g/mol. The molecule has 3 nitrogen and oxygen atoms in total. The molecule has 0 spiro atoms. The quantitative estimate of drug-likeness (QED) is 0.891. The number of hydrogen-bond acceptors (Lipinski definition) is 3. The third-order valence-electron chi connectivity index (χ3n) is 3.56. The Bertz CT molecular complexity index is 638. The fraction of sp³-hybridized carbons (Fsp3) is 0.412. The molecule has 0 bridgehead atoms. The van der Waals surface area contributed by atoms with E-state index in [0.29, 0.717) is 5.82 Å². The van der Waals surface area contributed by atoms with Crippen molar-refractivity contribution in [2.45, 2.75) is 40.5 Å². The van der Waals surface area contributed by atoms with Crippen LogP contribution >= 0.6 is 0 Å². The average Bonchev–Trinajstić information content (AvgIpc) is 2.48. The third kappa shape index (κ3) is 3.38. The molecule has 0 radical (unpaired) electrons. The van der Waals surface area contributed by atoms with Gasteiger partial charge in [-0.3, -0.25) is 0 Å². The zero-order valence-corrected chi connectivity index (χ0v) is 13.1. The van der Waals surface area contributed by atoms with Gasteiger partial charge in [-0.1, -0.05) is 19.9 Å². The molecule has 4 heteroatoms. The van der Waals surface area contributed by atoms with Gasteiger partial charge in [0.15, 0.2) is 5.82 Å². The Morgan fingerprint density at radius 3 is 2.57 bits per heavy atom. The van der Waals surface area contributed by atoms with E-state index in [0.717, 1.165) is 47.6 Å². The van der Waals surface area contributed by atoms with Crippen LogP contribution in [0, 0.1) is 19.7 Å². The molecule has 0 unspecified atom stereocenters. The molecule has 2 aromatic rings. The Balaban J connectivity index is 2.55. The number of nitrogens with one attached hydrogen (secondary N) is 1. The summed E-state index contributed by atoms with van der Waals surface area (Å²) in [5.41, 5.74) is 3.80. The molecule has 0 aliphatic rings. The van der Waals surface area contributed by atoms with E-state index in [1.54, 1.807) is 6.07 Å². The topological polar surface area (TPSA) is 37.8 Å². The highest BCUT2D eigenvalue weighted by molar-refractivity contribution is 5.63. The van der Waals surface area contributed by atoms with Gasteiger partial charge in [0.2, 0.25) is 0 Å². The largest absolute Gasteiger partial charge is 0.370 e. The second-order valence-corrected chi connectivity index (χ2v) is 5.21. The lowest BCUT2D eigenvalue weighted by Crippen LogP contribution is -2.09. The van der Waals surface area contributed by atoms with E-state index in [-0.39, 0.29) is 5.82 Å². The fourth-order valence-electron chi connectivity index (χ4n) is 2.28. The summed E-state index contributed by atoms with van der Waals surface area (Å²) in [6.07, 6.45) is 1.86. The first-order chi connectivity index (χ1) is 10.1. The van der Waals surface area contributed by atoms with Gasteiger partial charge in [-0.15, -0.1) is 0 Å². The van der Waals surface area contributed by atoms with Crippen LogP contribution in [-0.2, 0) is 6.42 Å². The first kappa shape index (κ1) is 15.4. The molecule has 1 aromatic heterocycles. The molecule has 0 saturated carbocycles. The first-order valence-corrected chi connectivity index (χ1v) is 7.44. The molecule has 0 atom stereocenters. The highest BCUT2D eigenvalue weighted by Gasteiger charge is 2.13. The van der Waals surface area contributed by atoms with Gasteiger partial charge in [-0.2, -0.15) is 0 Å². The highest BCUT2D eigenvalue weighted by Crippen LogP contribution is 2.25. The van der Waals surface area contributed by atoms with Gasteiger partial charge in [0.05, 0.1) is 0 Å². The van der Waals surface area contributed by atoms with Crippen LogP contribution in [0.15, 0.2) is 18.2 Å². The van der Waals surface area contributed by atoms with Crippen molar-refractivity contribution in [3.63, 3.8) is 0 Å². The normalized spacial score (nSPS) is 10.7. The minimum absolute atomic E-state index is 0.263. The zero-order valence-electron chi connectivity index (χ0n) is 13.1. The number of aromatic nitrogens is 2. The third-order valence-corrected chi connectivity index (χ3v) is 3.56. The molecule has 0 amide bonds. The Morgan fingerprint density at radius 2 is 1.90 bits per heavy atom. The number of aryl methyl sites for hydroxylation is 2. The lowest BCUT2D eigenvalue weighted by Gasteiger charge is -2.14. The molecule has 21 heavy (non-hydrogen) atoms. The minimum atomic E-state index is -0.263. The van der Waals surface area contributed by atoms with Crippen LogP contribution in [0.25, 0.3) is 11.4 Å². The molecule has 0 fully saturated rings. The van der Waals surface area contributed by atoms with Crippen LogP contribution in [0.5, 0.6) is 0 Å². The van der Waals surface area contributed by atoms with Crippen molar-refractivity contribution in [3.8, 4) is 11.4 Å². The Kier molecular flexibility index (Phi) is 4.89. The van der Waals surface area contributed by atoms with Crippen molar-refractivity contribution in [1.29, 1.82) is 0 Å². The number of anilines is 1. The second kappa shape index (κ2) is 6.66. The maximum atomic E-state index is 13.5. The van der Waals surface area contributed by atoms with E-state index in [9.17, 15) is 4.39 Å². The fourth-order valence-corrected chi connectivity index (χ4v) is 2.28. The zero-order chi connectivity index (χ0) is 15.4. The van der Waals surface area contributed by atoms with Gasteiger partial charge < -0.3 is 5.32 Å². The van der Waals surface area contributed by atoms with Gasteiger partial charge >= 0.3 is 0 Å². The Hall–Kier alpha value is -1.97. The molecule has 0 aliphatic heterocycles. The maximum absolute atomic E-state index is 13.5.